The zero-order valence-electron chi connectivity index (χ0n) is 16.0. The topological polar surface area (TPSA) is 72.2 Å². The average molecular weight is 385 g/mol. The van der Waals surface area contributed by atoms with Gasteiger partial charge < -0.3 is 9.73 Å². The number of oxazole rings is 1. The molecule has 142 valence electrons. The minimum absolute atomic E-state index is 0.0767. The van der Waals surface area contributed by atoms with E-state index in [4.69, 9.17) is 4.42 Å². The summed E-state index contributed by atoms with van der Waals surface area (Å²) < 4.78 is 32.1. The van der Waals surface area contributed by atoms with Gasteiger partial charge in [-0.3, -0.25) is 0 Å². The molecule has 0 spiro atoms. The first kappa shape index (κ1) is 19.2. The molecular formula is C21H24N2O3S. The summed E-state index contributed by atoms with van der Waals surface area (Å²) in [5, 5.41) is 3.02. The van der Waals surface area contributed by atoms with Crippen LogP contribution in [0.25, 0.3) is 0 Å². The van der Waals surface area contributed by atoms with Crippen LogP contribution < -0.4 is 5.32 Å². The van der Waals surface area contributed by atoms with Crippen molar-refractivity contribution in [3.8, 4) is 0 Å². The molecule has 0 atom stereocenters. The molecule has 3 aromatic rings. The van der Waals surface area contributed by atoms with Gasteiger partial charge in [-0.15, -0.1) is 0 Å². The van der Waals surface area contributed by atoms with Gasteiger partial charge in [-0.2, -0.15) is 4.98 Å². The molecular weight excluding hydrogens is 360 g/mol. The Morgan fingerprint density at radius 3 is 2.22 bits per heavy atom. The van der Waals surface area contributed by atoms with Crippen LogP contribution in [0.4, 0.5) is 5.88 Å². The summed E-state index contributed by atoms with van der Waals surface area (Å²) in [4.78, 5) is 4.55. The lowest BCUT2D eigenvalue weighted by Crippen LogP contribution is -2.12. The lowest BCUT2D eigenvalue weighted by atomic mass is 9.97. The van der Waals surface area contributed by atoms with E-state index in [9.17, 15) is 8.42 Å². The smallest absolute Gasteiger partial charge is 0.233 e. The van der Waals surface area contributed by atoms with E-state index in [1.165, 1.54) is 0 Å². The summed E-state index contributed by atoms with van der Waals surface area (Å²) in [6.45, 7) is 8.15. The lowest BCUT2D eigenvalue weighted by Gasteiger charge is -2.12. The summed E-state index contributed by atoms with van der Waals surface area (Å²) in [5.74, 6) is 0.549. The van der Waals surface area contributed by atoms with Crippen molar-refractivity contribution in [2.24, 2.45) is 0 Å². The van der Waals surface area contributed by atoms with Gasteiger partial charge in [0, 0.05) is 12.0 Å². The second-order valence-corrected chi connectivity index (χ2v) is 9.42. The molecule has 1 N–H and O–H groups in total. The first-order chi connectivity index (χ1) is 12.7. The second kappa shape index (κ2) is 7.19. The van der Waals surface area contributed by atoms with Gasteiger partial charge in [0.15, 0.2) is 0 Å². The van der Waals surface area contributed by atoms with Gasteiger partial charge in [0.2, 0.25) is 26.6 Å². The molecule has 0 unspecified atom stereocenters. The summed E-state index contributed by atoms with van der Waals surface area (Å²) in [7, 11) is -3.80. The van der Waals surface area contributed by atoms with E-state index in [2.05, 4.69) is 10.3 Å². The van der Waals surface area contributed by atoms with Gasteiger partial charge in [-0.25, -0.2) is 8.42 Å². The quantitative estimate of drug-likeness (QED) is 0.689. The molecule has 0 saturated heterocycles. The van der Waals surface area contributed by atoms with Crippen molar-refractivity contribution in [3.63, 3.8) is 0 Å². The van der Waals surface area contributed by atoms with Gasteiger partial charge in [0.05, 0.1) is 4.90 Å². The molecule has 0 fully saturated rings. The summed E-state index contributed by atoms with van der Waals surface area (Å²) in [6.07, 6.45) is 0. The van der Waals surface area contributed by atoms with Crippen LogP contribution >= 0.6 is 0 Å². The van der Waals surface area contributed by atoms with Crippen molar-refractivity contribution < 1.29 is 12.8 Å². The molecule has 0 saturated carbocycles. The lowest BCUT2D eigenvalue weighted by molar-refractivity contribution is 0.399. The minimum atomic E-state index is -3.80. The fourth-order valence-electron chi connectivity index (χ4n) is 2.53. The summed E-state index contributed by atoms with van der Waals surface area (Å²) in [6, 6.07) is 16.5. The molecule has 0 aliphatic carbocycles. The molecule has 1 heterocycles. The van der Waals surface area contributed by atoms with Crippen molar-refractivity contribution in [1.82, 2.24) is 4.98 Å². The van der Waals surface area contributed by atoms with E-state index < -0.39 is 15.3 Å². The maximum Gasteiger partial charge on any atom is 0.233 e. The molecule has 0 bridgehead atoms. The molecule has 0 amide bonds. The molecule has 0 radical (unpaired) electrons. The number of nitrogens with one attached hydrogen (secondary N) is 1. The van der Waals surface area contributed by atoms with E-state index >= 15 is 0 Å². The highest BCUT2D eigenvalue weighted by Gasteiger charge is 2.31. The normalized spacial score (nSPS) is 12.1. The number of hydrogen-bond donors (Lipinski definition) is 1. The predicted octanol–water partition coefficient (Wildman–Crippen LogP) is 4.73. The number of aromatic nitrogens is 1. The van der Waals surface area contributed by atoms with Gasteiger partial charge >= 0.3 is 0 Å². The Hall–Kier alpha value is -2.60. The molecule has 3 rings (SSSR count). The zero-order valence-corrected chi connectivity index (χ0v) is 16.8. The van der Waals surface area contributed by atoms with Crippen molar-refractivity contribution in [1.29, 1.82) is 0 Å². The number of hydrogen-bond acceptors (Lipinski definition) is 5. The van der Waals surface area contributed by atoms with Crippen molar-refractivity contribution in [3.05, 3.63) is 71.6 Å². The number of benzene rings is 2. The van der Waals surface area contributed by atoms with E-state index in [0.717, 1.165) is 11.1 Å². The van der Waals surface area contributed by atoms with E-state index in [1.807, 2.05) is 58.0 Å². The van der Waals surface area contributed by atoms with Crippen LogP contribution in [0.1, 0.15) is 37.8 Å². The predicted molar refractivity (Wildman–Crippen MR) is 106 cm³/mol. The first-order valence-electron chi connectivity index (χ1n) is 8.79. The summed E-state index contributed by atoms with van der Waals surface area (Å²) in [5.41, 5.74) is 1.60. The minimum Gasteiger partial charge on any atom is -0.423 e. The van der Waals surface area contributed by atoms with Crippen LogP contribution in [0.3, 0.4) is 0 Å². The third-order valence-electron chi connectivity index (χ3n) is 4.12. The molecule has 0 aliphatic heterocycles. The molecule has 6 heteroatoms. The fraction of sp³-hybridized carbons (Fsp3) is 0.286. The molecule has 2 aromatic carbocycles. The molecule has 27 heavy (non-hydrogen) atoms. The van der Waals surface area contributed by atoms with Gasteiger partial charge in [0.25, 0.3) is 0 Å². The molecule has 0 aliphatic rings. The van der Waals surface area contributed by atoms with E-state index in [-0.39, 0.29) is 15.8 Å². The monoisotopic (exact) mass is 384 g/mol. The van der Waals surface area contributed by atoms with E-state index in [1.54, 1.807) is 24.3 Å². The number of rotatable bonds is 5. The maximum absolute atomic E-state index is 13.2. The zero-order chi connectivity index (χ0) is 19.7. The van der Waals surface area contributed by atoms with Crippen LogP contribution in [-0.2, 0) is 21.8 Å². The molecule has 1 aromatic heterocycles. The highest BCUT2D eigenvalue weighted by molar-refractivity contribution is 7.91. The largest absolute Gasteiger partial charge is 0.423 e. The first-order valence-corrected chi connectivity index (χ1v) is 10.3. The Bertz CT molecular complexity index is 1020. The van der Waals surface area contributed by atoms with Crippen LogP contribution in [-0.4, -0.2) is 13.4 Å². The third-order valence-corrected chi connectivity index (χ3v) is 5.80. The average Bonchev–Trinajstić information content (AvgIpc) is 3.07. The Morgan fingerprint density at radius 2 is 1.63 bits per heavy atom. The Kier molecular flexibility index (Phi) is 5.11. The number of nitrogens with zero attached hydrogens (tertiary/aromatic N) is 1. The fourth-order valence-corrected chi connectivity index (χ4v) is 3.81. The number of aryl methyl sites for hydroxylation is 1. The number of anilines is 1. The van der Waals surface area contributed by atoms with Gasteiger partial charge in [0.1, 0.15) is 0 Å². The van der Waals surface area contributed by atoms with Gasteiger partial charge in [-0.05, 0) is 24.6 Å². The Balaban J connectivity index is 2.02. The highest BCUT2D eigenvalue weighted by atomic mass is 32.2. The standard InChI is InChI=1S/C21H24N2O3S/c1-15-10-12-17(13-11-15)27(24,25)19-18(26-20(23-19)21(2,3)4)22-14-16-8-6-5-7-9-16/h5-13,22H,14H2,1-4H3. The summed E-state index contributed by atoms with van der Waals surface area (Å²) >= 11 is 0. The molecule has 5 nitrogen and oxygen atoms in total. The van der Waals surface area contributed by atoms with Crippen LogP contribution in [0.15, 0.2) is 68.9 Å². The highest BCUT2D eigenvalue weighted by Crippen LogP contribution is 2.33. The van der Waals surface area contributed by atoms with Crippen LogP contribution in [0, 0.1) is 6.92 Å². The van der Waals surface area contributed by atoms with Crippen molar-refractivity contribution >= 4 is 15.7 Å². The van der Waals surface area contributed by atoms with E-state index in [0.29, 0.717) is 12.4 Å². The second-order valence-electron chi connectivity index (χ2n) is 7.56. The SMILES string of the molecule is Cc1ccc(S(=O)(=O)c2nc(C(C)(C)C)oc2NCc2ccccc2)cc1. The Morgan fingerprint density at radius 1 is 1.00 bits per heavy atom. The van der Waals surface area contributed by atoms with Crippen LogP contribution in [0.5, 0.6) is 0 Å². The van der Waals surface area contributed by atoms with Crippen LogP contribution in [0.2, 0.25) is 0 Å². The van der Waals surface area contributed by atoms with Crippen molar-refractivity contribution in [2.75, 3.05) is 5.32 Å². The number of sulfone groups is 1. The third kappa shape index (κ3) is 4.22. The Labute approximate surface area is 160 Å². The van der Waals surface area contributed by atoms with Crippen molar-refractivity contribution in [2.45, 2.75) is 49.6 Å². The van der Waals surface area contributed by atoms with Gasteiger partial charge in [-0.1, -0.05) is 68.8 Å². The maximum atomic E-state index is 13.2.